The summed E-state index contributed by atoms with van der Waals surface area (Å²) in [6.45, 7) is 1.95. The third kappa shape index (κ3) is 3.80. The summed E-state index contributed by atoms with van der Waals surface area (Å²) in [5, 5.41) is 1.04. The average Bonchev–Trinajstić information content (AvgIpc) is 2.99. The van der Waals surface area contributed by atoms with Gasteiger partial charge in [-0.05, 0) is 37.3 Å². The van der Waals surface area contributed by atoms with Crippen molar-refractivity contribution in [2.24, 2.45) is 0 Å². The zero-order valence-corrected chi connectivity index (χ0v) is 16.5. The van der Waals surface area contributed by atoms with E-state index in [4.69, 9.17) is 0 Å². The van der Waals surface area contributed by atoms with Gasteiger partial charge in [0, 0.05) is 26.4 Å². The predicted octanol–water partition coefficient (Wildman–Crippen LogP) is 5.60. The largest absolute Gasteiger partial charge is 0.357 e. The summed E-state index contributed by atoms with van der Waals surface area (Å²) in [5.41, 5.74) is 2.72. The number of nitrogens with one attached hydrogen (secondary N) is 1. The summed E-state index contributed by atoms with van der Waals surface area (Å²) < 4.78 is 25.9. The van der Waals surface area contributed by atoms with E-state index >= 15 is 0 Å². The quantitative estimate of drug-likeness (QED) is 0.480. The highest BCUT2D eigenvalue weighted by molar-refractivity contribution is 7.99. The van der Waals surface area contributed by atoms with E-state index in [1.54, 1.807) is 23.9 Å². The number of benzene rings is 3. The fourth-order valence-electron chi connectivity index (χ4n) is 3.02. The maximum Gasteiger partial charge on any atom is 0.184 e. The van der Waals surface area contributed by atoms with Crippen molar-refractivity contribution in [2.45, 2.75) is 27.4 Å². The Kier molecular flexibility index (Phi) is 4.81. The van der Waals surface area contributed by atoms with E-state index < -0.39 is 9.84 Å². The molecule has 1 heterocycles. The second-order valence-corrected chi connectivity index (χ2v) is 9.54. The Morgan fingerprint density at radius 1 is 0.852 bits per heavy atom. The molecule has 0 unspecified atom stereocenters. The van der Waals surface area contributed by atoms with Crippen molar-refractivity contribution in [1.82, 2.24) is 4.98 Å². The highest BCUT2D eigenvalue weighted by Gasteiger charge is 2.21. The van der Waals surface area contributed by atoms with Crippen LogP contribution in [-0.4, -0.2) is 13.4 Å². The van der Waals surface area contributed by atoms with Crippen molar-refractivity contribution in [2.75, 3.05) is 0 Å². The van der Waals surface area contributed by atoms with Gasteiger partial charge in [0.05, 0.1) is 10.6 Å². The Morgan fingerprint density at radius 3 is 2.26 bits per heavy atom. The van der Waals surface area contributed by atoms with E-state index in [0.29, 0.717) is 4.90 Å². The molecule has 0 bridgehead atoms. The molecule has 3 aromatic carbocycles. The fourth-order valence-corrected chi connectivity index (χ4v) is 5.48. The number of rotatable bonds is 5. The van der Waals surface area contributed by atoms with Gasteiger partial charge in [-0.1, -0.05) is 65.9 Å². The third-order valence-corrected chi connectivity index (χ3v) is 7.25. The molecule has 0 aliphatic heterocycles. The molecule has 1 aromatic heterocycles. The topological polar surface area (TPSA) is 49.9 Å². The van der Waals surface area contributed by atoms with Crippen LogP contribution in [0.15, 0.2) is 93.5 Å². The van der Waals surface area contributed by atoms with E-state index in [-0.39, 0.29) is 5.75 Å². The van der Waals surface area contributed by atoms with Crippen molar-refractivity contribution >= 4 is 32.5 Å². The zero-order valence-electron chi connectivity index (χ0n) is 14.8. The first kappa shape index (κ1) is 17.9. The second-order valence-electron chi connectivity index (χ2n) is 6.47. The molecule has 0 aliphatic rings. The van der Waals surface area contributed by atoms with Gasteiger partial charge in [0.15, 0.2) is 9.84 Å². The normalized spacial score (nSPS) is 11.7. The number of fused-ring (bicyclic) bond motifs is 1. The highest BCUT2D eigenvalue weighted by Crippen LogP contribution is 2.37. The number of aromatic nitrogens is 1. The second kappa shape index (κ2) is 7.25. The molecule has 1 N–H and O–H groups in total. The van der Waals surface area contributed by atoms with E-state index in [2.05, 4.69) is 4.98 Å². The fraction of sp³-hybridized carbons (Fsp3) is 0.0909. The summed E-state index contributed by atoms with van der Waals surface area (Å²) in [5.74, 6) is -0.0556. The van der Waals surface area contributed by atoms with Crippen molar-refractivity contribution < 1.29 is 8.42 Å². The van der Waals surface area contributed by atoms with E-state index in [9.17, 15) is 8.42 Å². The molecule has 0 atom stereocenters. The van der Waals surface area contributed by atoms with Gasteiger partial charge in [0.2, 0.25) is 0 Å². The molecule has 4 aromatic rings. The highest BCUT2D eigenvalue weighted by atomic mass is 32.2. The number of hydrogen-bond acceptors (Lipinski definition) is 3. The third-order valence-electron chi connectivity index (χ3n) is 4.41. The number of hydrogen-bond donors (Lipinski definition) is 1. The standard InChI is InChI=1S/C22H19NO2S2/c1-16-11-13-18(14-12-16)27(24,25)15-21-22(26-17-7-3-2-4-8-17)19-9-5-6-10-20(19)23-21/h2-14,23H,15H2,1H3. The molecule has 4 rings (SSSR count). The van der Waals surface area contributed by atoms with Gasteiger partial charge in [-0.25, -0.2) is 8.42 Å². The first-order chi connectivity index (χ1) is 13.0. The van der Waals surface area contributed by atoms with Crippen LogP contribution in [0.25, 0.3) is 10.9 Å². The van der Waals surface area contributed by atoms with Gasteiger partial charge in [0.1, 0.15) is 0 Å². The van der Waals surface area contributed by atoms with Crippen LogP contribution in [0, 0.1) is 6.92 Å². The van der Waals surface area contributed by atoms with Crippen LogP contribution >= 0.6 is 11.8 Å². The summed E-state index contributed by atoms with van der Waals surface area (Å²) in [6, 6.07) is 25.0. The number of H-pyrrole nitrogens is 1. The molecular weight excluding hydrogens is 374 g/mol. The van der Waals surface area contributed by atoms with E-state index in [0.717, 1.165) is 32.0 Å². The number of para-hydroxylation sites is 1. The summed E-state index contributed by atoms with van der Waals surface area (Å²) in [4.78, 5) is 5.72. The van der Waals surface area contributed by atoms with Gasteiger partial charge in [0.25, 0.3) is 0 Å². The van der Waals surface area contributed by atoms with Crippen molar-refractivity contribution in [3.8, 4) is 0 Å². The lowest BCUT2D eigenvalue weighted by Crippen LogP contribution is -2.06. The summed E-state index contributed by atoms with van der Waals surface area (Å²) in [6.07, 6.45) is 0. The van der Waals surface area contributed by atoms with E-state index in [1.807, 2.05) is 73.7 Å². The smallest absolute Gasteiger partial charge is 0.184 e. The first-order valence-electron chi connectivity index (χ1n) is 8.65. The van der Waals surface area contributed by atoms with Crippen LogP contribution in [0.2, 0.25) is 0 Å². The number of aryl methyl sites for hydroxylation is 1. The molecule has 3 nitrogen and oxygen atoms in total. The van der Waals surface area contributed by atoms with Crippen LogP contribution in [-0.2, 0) is 15.6 Å². The summed E-state index contributed by atoms with van der Waals surface area (Å²) in [7, 11) is -3.44. The molecule has 0 radical (unpaired) electrons. The SMILES string of the molecule is Cc1ccc(S(=O)(=O)Cc2[nH]c3ccccc3c2Sc2ccccc2)cc1. The Hall–Kier alpha value is -2.50. The van der Waals surface area contributed by atoms with Crippen molar-refractivity contribution in [1.29, 1.82) is 0 Å². The molecule has 136 valence electrons. The Bertz CT molecular complexity index is 1180. The van der Waals surface area contributed by atoms with Crippen LogP contribution in [0.4, 0.5) is 0 Å². The molecule has 0 amide bonds. The Labute approximate surface area is 163 Å². The van der Waals surface area contributed by atoms with Gasteiger partial charge in [-0.15, -0.1) is 0 Å². The van der Waals surface area contributed by atoms with Crippen molar-refractivity contribution in [3.63, 3.8) is 0 Å². The molecule has 0 spiro atoms. The van der Waals surface area contributed by atoms with Crippen LogP contribution < -0.4 is 0 Å². The minimum atomic E-state index is -3.44. The Balaban J connectivity index is 1.77. The van der Waals surface area contributed by atoms with Crippen molar-refractivity contribution in [3.05, 3.63) is 90.1 Å². The Morgan fingerprint density at radius 2 is 1.52 bits per heavy atom. The van der Waals surface area contributed by atoms with Gasteiger partial charge in [-0.2, -0.15) is 0 Å². The zero-order chi connectivity index (χ0) is 18.9. The molecule has 5 heteroatoms. The molecule has 0 aliphatic carbocycles. The minimum absolute atomic E-state index is 0.0556. The lowest BCUT2D eigenvalue weighted by atomic mass is 10.2. The summed E-state index contributed by atoms with van der Waals surface area (Å²) >= 11 is 1.59. The molecule has 27 heavy (non-hydrogen) atoms. The lowest BCUT2D eigenvalue weighted by Gasteiger charge is -2.07. The number of aromatic amines is 1. The molecule has 0 saturated carbocycles. The van der Waals surface area contributed by atoms with E-state index in [1.165, 1.54) is 0 Å². The minimum Gasteiger partial charge on any atom is -0.357 e. The lowest BCUT2D eigenvalue weighted by molar-refractivity contribution is 0.594. The monoisotopic (exact) mass is 393 g/mol. The molecule has 0 saturated heterocycles. The van der Waals surface area contributed by atoms with Crippen LogP contribution in [0.1, 0.15) is 11.3 Å². The molecule has 0 fully saturated rings. The van der Waals surface area contributed by atoms with Gasteiger partial charge in [-0.3, -0.25) is 0 Å². The van der Waals surface area contributed by atoms with Crippen LogP contribution in [0.5, 0.6) is 0 Å². The first-order valence-corrected chi connectivity index (χ1v) is 11.1. The van der Waals surface area contributed by atoms with Gasteiger partial charge >= 0.3 is 0 Å². The number of sulfone groups is 1. The van der Waals surface area contributed by atoms with Crippen LogP contribution in [0.3, 0.4) is 0 Å². The maximum atomic E-state index is 13.0. The average molecular weight is 394 g/mol. The molecular formula is C22H19NO2S2. The predicted molar refractivity (Wildman–Crippen MR) is 111 cm³/mol. The van der Waals surface area contributed by atoms with Gasteiger partial charge < -0.3 is 4.98 Å². The maximum absolute atomic E-state index is 13.0.